The maximum atomic E-state index is 3.64. The molecule has 2 aliphatic heterocycles. The van der Waals surface area contributed by atoms with Crippen molar-refractivity contribution < 1.29 is 0 Å². The van der Waals surface area contributed by atoms with E-state index in [1.165, 1.54) is 34.9 Å². The molecule has 1 N–H and O–H groups in total. The molecular formula is C15H21IN2. The molecule has 2 saturated heterocycles. The van der Waals surface area contributed by atoms with Crippen LogP contribution in [-0.4, -0.2) is 24.7 Å². The van der Waals surface area contributed by atoms with Gasteiger partial charge in [-0.05, 0) is 67.0 Å². The Bertz CT molecular complexity index is 407. The summed E-state index contributed by atoms with van der Waals surface area (Å²) in [4.78, 5) is 2.70. The van der Waals surface area contributed by atoms with E-state index in [1.807, 2.05) is 0 Å². The van der Waals surface area contributed by atoms with Gasteiger partial charge in [0.1, 0.15) is 0 Å². The number of piperidine rings is 1. The molecule has 2 unspecified atom stereocenters. The molecule has 0 amide bonds. The van der Waals surface area contributed by atoms with Crippen LogP contribution in [-0.2, 0) is 0 Å². The highest BCUT2D eigenvalue weighted by Gasteiger charge is 2.40. The minimum atomic E-state index is 0.741. The summed E-state index contributed by atoms with van der Waals surface area (Å²) in [5, 5.41) is 3.64. The molecule has 0 radical (unpaired) electrons. The molecule has 2 bridgehead atoms. The van der Waals surface area contributed by atoms with Gasteiger partial charge >= 0.3 is 0 Å². The molecule has 3 rings (SSSR count). The van der Waals surface area contributed by atoms with Crippen molar-refractivity contribution >= 4 is 28.3 Å². The fraction of sp³-hybridized carbons (Fsp3) is 0.600. The van der Waals surface area contributed by atoms with Gasteiger partial charge in [0.15, 0.2) is 0 Å². The lowest BCUT2D eigenvalue weighted by atomic mass is 9.96. The van der Waals surface area contributed by atoms with Crippen LogP contribution in [0.4, 0.5) is 5.69 Å². The van der Waals surface area contributed by atoms with Gasteiger partial charge < -0.3 is 10.2 Å². The van der Waals surface area contributed by atoms with Crippen molar-refractivity contribution in [1.29, 1.82) is 0 Å². The predicted molar refractivity (Wildman–Crippen MR) is 85.1 cm³/mol. The van der Waals surface area contributed by atoms with E-state index >= 15 is 0 Å². The standard InChI is InChI=1S/C15H21IN2/c1-2-17-11-9-12-7-8-13(10-11)18(12)15-6-4-3-5-14(15)16/h3-6,11-13,17H,2,7-10H2,1H3. The lowest BCUT2D eigenvalue weighted by molar-refractivity contribution is 0.361. The molecule has 2 fully saturated rings. The number of benzene rings is 1. The largest absolute Gasteiger partial charge is 0.365 e. The van der Waals surface area contributed by atoms with E-state index < -0.39 is 0 Å². The summed E-state index contributed by atoms with van der Waals surface area (Å²) >= 11 is 2.48. The molecule has 0 aliphatic carbocycles. The monoisotopic (exact) mass is 356 g/mol. The second kappa shape index (κ2) is 5.37. The summed E-state index contributed by atoms with van der Waals surface area (Å²) in [6.07, 6.45) is 5.37. The molecule has 0 saturated carbocycles. The lowest BCUT2D eigenvalue weighted by Gasteiger charge is -2.41. The van der Waals surface area contributed by atoms with Crippen molar-refractivity contribution in [2.24, 2.45) is 0 Å². The third-order valence-corrected chi connectivity index (χ3v) is 5.27. The van der Waals surface area contributed by atoms with Crippen LogP contribution in [0.1, 0.15) is 32.6 Å². The van der Waals surface area contributed by atoms with Gasteiger partial charge in [-0.25, -0.2) is 0 Å². The third kappa shape index (κ3) is 2.27. The van der Waals surface area contributed by atoms with Crippen molar-refractivity contribution in [2.75, 3.05) is 11.4 Å². The Morgan fingerprint density at radius 3 is 2.50 bits per heavy atom. The highest BCUT2D eigenvalue weighted by atomic mass is 127. The van der Waals surface area contributed by atoms with Crippen LogP contribution < -0.4 is 10.2 Å². The van der Waals surface area contributed by atoms with Crippen molar-refractivity contribution in [3.63, 3.8) is 0 Å². The number of hydrogen-bond donors (Lipinski definition) is 1. The van der Waals surface area contributed by atoms with Crippen LogP contribution in [0.2, 0.25) is 0 Å². The predicted octanol–water partition coefficient (Wildman–Crippen LogP) is 3.40. The fourth-order valence-electron chi connectivity index (χ4n) is 3.69. The Kier molecular flexibility index (Phi) is 3.80. The number of anilines is 1. The average Bonchev–Trinajstić information content (AvgIpc) is 2.62. The summed E-state index contributed by atoms with van der Waals surface area (Å²) in [7, 11) is 0. The Hall–Kier alpha value is -0.290. The molecule has 3 heteroatoms. The number of hydrogen-bond acceptors (Lipinski definition) is 2. The minimum Gasteiger partial charge on any atom is -0.365 e. The van der Waals surface area contributed by atoms with Crippen LogP contribution in [0.25, 0.3) is 0 Å². The van der Waals surface area contributed by atoms with Crippen LogP contribution in [0.5, 0.6) is 0 Å². The van der Waals surface area contributed by atoms with Crippen molar-refractivity contribution in [3.05, 3.63) is 27.8 Å². The first-order chi connectivity index (χ1) is 8.79. The van der Waals surface area contributed by atoms with Gasteiger partial charge in [-0.3, -0.25) is 0 Å². The second-order valence-corrected chi connectivity index (χ2v) is 6.63. The quantitative estimate of drug-likeness (QED) is 0.836. The molecule has 98 valence electrons. The molecule has 2 heterocycles. The molecule has 1 aromatic rings. The number of nitrogens with zero attached hydrogens (tertiary/aromatic N) is 1. The first kappa shape index (κ1) is 12.7. The van der Waals surface area contributed by atoms with E-state index in [-0.39, 0.29) is 0 Å². The van der Waals surface area contributed by atoms with Gasteiger partial charge in [0.25, 0.3) is 0 Å². The molecule has 1 aromatic carbocycles. The van der Waals surface area contributed by atoms with E-state index in [4.69, 9.17) is 0 Å². The normalized spacial score (nSPS) is 30.8. The van der Waals surface area contributed by atoms with Crippen molar-refractivity contribution in [1.82, 2.24) is 5.32 Å². The number of fused-ring (bicyclic) bond motifs is 2. The molecule has 0 aromatic heterocycles. The number of halogens is 1. The van der Waals surface area contributed by atoms with Gasteiger partial charge in [-0.15, -0.1) is 0 Å². The number of rotatable bonds is 3. The van der Waals surface area contributed by atoms with Crippen LogP contribution >= 0.6 is 22.6 Å². The lowest BCUT2D eigenvalue weighted by Crippen LogP contribution is -2.49. The SMILES string of the molecule is CCNC1CC2CCC(C1)N2c1ccccc1I. The van der Waals surface area contributed by atoms with Crippen LogP contribution in [0.3, 0.4) is 0 Å². The molecule has 2 nitrogen and oxygen atoms in total. The first-order valence-electron chi connectivity index (χ1n) is 7.06. The summed E-state index contributed by atoms with van der Waals surface area (Å²) in [6, 6.07) is 11.1. The van der Waals surface area contributed by atoms with Gasteiger partial charge in [-0.1, -0.05) is 19.1 Å². The summed E-state index contributed by atoms with van der Waals surface area (Å²) in [6.45, 7) is 3.32. The Morgan fingerprint density at radius 2 is 1.89 bits per heavy atom. The van der Waals surface area contributed by atoms with Gasteiger partial charge in [-0.2, -0.15) is 0 Å². The molecule has 2 aliphatic rings. The van der Waals surface area contributed by atoms with Gasteiger partial charge in [0.05, 0.1) is 5.69 Å². The van der Waals surface area contributed by atoms with E-state index in [2.05, 4.69) is 64.0 Å². The summed E-state index contributed by atoms with van der Waals surface area (Å²) in [5.74, 6) is 0. The molecule has 18 heavy (non-hydrogen) atoms. The summed E-state index contributed by atoms with van der Waals surface area (Å²) in [5.41, 5.74) is 1.46. The van der Waals surface area contributed by atoms with E-state index in [1.54, 1.807) is 0 Å². The number of nitrogens with one attached hydrogen (secondary N) is 1. The Morgan fingerprint density at radius 1 is 1.22 bits per heavy atom. The Labute approximate surface area is 123 Å². The average molecular weight is 356 g/mol. The van der Waals surface area contributed by atoms with E-state index in [0.717, 1.165) is 24.7 Å². The maximum Gasteiger partial charge on any atom is 0.0506 e. The topological polar surface area (TPSA) is 15.3 Å². The highest BCUT2D eigenvalue weighted by Crippen LogP contribution is 2.40. The number of para-hydroxylation sites is 1. The van der Waals surface area contributed by atoms with Gasteiger partial charge in [0.2, 0.25) is 0 Å². The second-order valence-electron chi connectivity index (χ2n) is 5.47. The molecular weight excluding hydrogens is 335 g/mol. The minimum absolute atomic E-state index is 0.741. The van der Waals surface area contributed by atoms with Crippen molar-refractivity contribution in [3.8, 4) is 0 Å². The third-order valence-electron chi connectivity index (χ3n) is 4.36. The molecule has 2 atom stereocenters. The Balaban J connectivity index is 1.82. The molecule has 0 spiro atoms. The maximum absolute atomic E-state index is 3.64. The zero-order chi connectivity index (χ0) is 12.5. The zero-order valence-electron chi connectivity index (χ0n) is 10.9. The first-order valence-corrected chi connectivity index (χ1v) is 8.13. The van der Waals surface area contributed by atoms with Crippen LogP contribution in [0.15, 0.2) is 24.3 Å². The van der Waals surface area contributed by atoms with Crippen molar-refractivity contribution in [2.45, 2.75) is 50.7 Å². The van der Waals surface area contributed by atoms with Crippen LogP contribution in [0, 0.1) is 3.57 Å². The summed E-state index contributed by atoms with van der Waals surface area (Å²) < 4.78 is 1.40. The van der Waals surface area contributed by atoms with E-state index in [9.17, 15) is 0 Å². The highest BCUT2D eigenvalue weighted by molar-refractivity contribution is 14.1. The van der Waals surface area contributed by atoms with E-state index in [0.29, 0.717) is 0 Å². The zero-order valence-corrected chi connectivity index (χ0v) is 13.1. The fourth-order valence-corrected chi connectivity index (χ4v) is 4.35. The smallest absolute Gasteiger partial charge is 0.0506 e. The van der Waals surface area contributed by atoms with Gasteiger partial charge in [0, 0.05) is 21.7 Å².